The lowest BCUT2D eigenvalue weighted by Crippen LogP contribution is -1.95. The fourth-order valence-corrected chi connectivity index (χ4v) is 1.47. The summed E-state index contributed by atoms with van der Waals surface area (Å²) in [5.41, 5.74) is 6.33. The highest BCUT2D eigenvalue weighted by Gasteiger charge is 2.04. The molecule has 2 N–H and O–H groups in total. The summed E-state index contributed by atoms with van der Waals surface area (Å²) in [6.45, 7) is 4.07. The third-order valence-electron chi connectivity index (χ3n) is 2.31. The van der Waals surface area contributed by atoms with Gasteiger partial charge in [0.25, 0.3) is 0 Å². The summed E-state index contributed by atoms with van der Waals surface area (Å²) in [6.07, 6.45) is 1.69. The summed E-state index contributed by atoms with van der Waals surface area (Å²) in [5, 5.41) is 0. The molecule has 3 heteroatoms. The van der Waals surface area contributed by atoms with E-state index in [1.165, 1.54) is 0 Å². The molecule has 2 aromatic rings. The van der Waals surface area contributed by atoms with E-state index in [0.717, 1.165) is 5.75 Å². The van der Waals surface area contributed by atoms with E-state index in [2.05, 4.69) is 6.58 Å². The first-order chi connectivity index (χ1) is 8.79. The minimum absolute atomic E-state index is 0.447. The third kappa shape index (κ3) is 3.04. The van der Waals surface area contributed by atoms with E-state index in [1.54, 1.807) is 18.2 Å². The molecule has 0 aliphatic heterocycles. The maximum Gasteiger partial charge on any atom is 0.169 e. The van der Waals surface area contributed by atoms with Crippen molar-refractivity contribution in [1.29, 1.82) is 0 Å². The van der Waals surface area contributed by atoms with E-state index in [9.17, 15) is 0 Å². The van der Waals surface area contributed by atoms with E-state index in [-0.39, 0.29) is 0 Å². The lowest BCUT2D eigenvalue weighted by Gasteiger charge is -2.11. The summed E-state index contributed by atoms with van der Waals surface area (Å²) in [7, 11) is 0. The van der Waals surface area contributed by atoms with E-state index < -0.39 is 0 Å². The van der Waals surface area contributed by atoms with Crippen LogP contribution >= 0.6 is 0 Å². The Bertz CT molecular complexity index is 520. The predicted octanol–water partition coefficient (Wildman–Crippen LogP) is 3.63. The van der Waals surface area contributed by atoms with Crippen LogP contribution in [-0.2, 0) is 0 Å². The fraction of sp³-hybridized carbons (Fsp3) is 0.0667. The van der Waals surface area contributed by atoms with Gasteiger partial charge in [-0.2, -0.15) is 0 Å². The van der Waals surface area contributed by atoms with Crippen LogP contribution in [0.2, 0.25) is 0 Å². The number of rotatable bonds is 5. The molecule has 0 saturated carbocycles. The molecule has 2 aromatic carbocycles. The Morgan fingerprint density at radius 3 is 2.33 bits per heavy atom. The zero-order valence-electron chi connectivity index (χ0n) is 10.0. The number of hydrogen-bond donors (Lipinski definition) is 1. The standard InChI is InChI=1S/C15H15NO2/c1-2-11-17-14-5-3-4-6-15(14)18-13-9-7-12(16)8-10-13/h2-10H,1,11,16H2. The lowest BCUT2D eigenvalue weighted by atomic mass is 10.3. The molecule has 2 rings (SSSR count). The number of anilines is 1. The van der Waals surface area contributed by atoms with E-state index in [1.807, 2.05) is 36.4 Å². The maximum absolute atomic E-state index is 5.75. The summed E-state index contributed by atoms with van der Waals surface area (Å²) in [4.78, 5) is 0. The Balaban J connectivity index is 2.17. The predicted molar refractivity (Wildman–Crippen MR) is 73.1 cm³/mol. The highest BCUT2D eigenvalue weighted by molar-refractivity contribution is 5.46. The molecule has 0 aliphatic carbocycles. The molecular weight excluding hydrogens is 226 g/mol. The SMILES string of the molecule is C=CCOc1ccccc1Oc1ccc(N)cc1. The van der Waals surface area contributed by atoms with Crippen molar-refractivity contribution in [2.75, 3.05) is 12.3 Å². The highest BCUT2D eigenvalue weighted by Crippen LogP contribution is 2.31. The minimum Gasteiger partial charge on any atom is -0.486 e. The van der Waals surface area contributed by atoms with Gasteiger partial charge in [-0.05, 0) is 36.4 Å². The van der Waals surface area contributed by atoms with Gasteiger partial charge in [0.05, 0.1) is 0 Å². The summed E-state index contributed by atoms with van der Waals surface area (Å²) >= 11 is 0. The normalized spacial score (nSPS) is 9.78. The van der Waals surface area contributed by atoms with Gasteiger partial charge < -0.3 is 15.2 Å². The van der Waals surface area contributed by atoms with Gasteiger partial charge in [-0.25, -0.2) is 0 Å². The zero-order chi connectivity index (χ0) is 12.8. The number of ether oxygens (including phenoxy) is 2. The molecule has 0 aliphatic rings. The van der Waals surface area contributed by atoms with E-state index in [0.29, 0.717) is 23.8 Å². The summed E-state index contributed by atoms with van der Waals surface area (Å²) in [6, 6.07) is 14.7. The number of hydrogen-bond acceptors (Lipinski definition) is 3. The molecule has 0 bridgehead atoms. The summed E-state index contributed by atoms with van der Waals surface area (Å²) in [5.74, 6) is 2.08. The minimum atomic E-state index is 0.447. The first-order valence-electron chi connectivity index (χ1n) is 5.65. The molecule has 0 heterocycles. The molecule has 0 atom stereocenters. The van der Waals surface area contributed by atoms with Gasteiger partial charge in [-0.15, -0.1) is 0 Å². The topological polar surface area (TPSA) is 44.5 Å². The second-order valence-electron chi connectivity index (χ2n) is 3.72. The Kier molecular flexibility index (Phi) is 3.86. The average molecular weight is 241 g/mol. The average Bonchev–Trinajstić information content (AvgIpc) is 2.40. The first-order valence-corrected chi connectivity index (χ1v) is 5.65. The molecule has 0 aromatic heterocycles. The second-order valence-corrected chi connectivity index (χ2v) is 3.72. The molecule has 3 nitrogen and oxygen atoms in total. The van der Waals surface area contributed by atoms with Crippen LogP contribution in [0.3, 0.4) is 0 Å². The molecule has 92 valence electrons. The van der Waals surface area contributed by atoms with Gasteiger partial charge in [0, 0.05) is 5.69 Å². The number of nitrogen functional groups attached to an aromatic ring is 1. The first kappa shape index (κ1) is 12.0. The summed E-state index contributed by atoms with van der Waals surface area (Å²) < 4.78 is 11.3. The van der Waals surface area contributed by atoms with Crippen LogP contribution in [0.5, 0.6) is 17.2 Å². The van der Waals surface area contributed by atoms with Crippen molar-refractivity contribution in [3.63, 3.8) is 0 Å². The van der Waals surface area contributed by atoms with Crippen molar-refractivity contribution in [3.8, 4) is 17.2 Å². The van der Waals surface area contributed by atoms with Crippen LogP contribution < -0.4 is 15.2 Å². The molecular formula is C15H15NO2. The Morgan fingerprint density at radius 1 is 1.00 bits per heavy atom. The van der Waals surface area contributed by atoms with Crippen molar-refractivity contribution < 1.29 is 9.47 Å². The molecule has 0 fully saturated rings. The van der Waals surface area contributed by atoms with Crippen molar-refractivity contribution >= 4 is 5.69 Å². The van der Waals surface area contributed by atoms with E-state index >= 15 is 0 Å². The molecule has 0 radical (unpaired) electrons. The quantitative estimate of drug-likeness (QED) is 0.642. The monoisotopic (exact) mass is 241 g/mol. The molecule has 18 heavy (non-hydrogen) atoms. The van der Waals surface area contributed by atoms with Crippen LogP contribution in [0.25, 0.3) is 0 Å². The van der Waals surface area contributed by atoms with Crippen LogP contribution in [0, 0.1) is 0 Å². The highest BCUT2D eigenvalue weighted by atomic mass is 16.5. The van der Waals surface area contributed by atoms with Crippen molar-refractivity contribution in [1.82, 2.24) is 0 Å². The molecule has 0 unspecified atom stereocenters. The maximum atomic E-state index is 5.75. The van der Waals surface area contributed by atoms with Crippen molar-refractivity contribution in [2.24, 2.45) is 0 Å². The zero-order valence-corrected chi connectivity index (χ0v) is 10.0. The Morgan fingerprint density at radius 2 is 1.67 bits per heavy atom. The van der Waals surface area contributed by atoms with Crippen LogP contribution in [-0.4, -0.2) is 6.61 Å². The van der Waals surface area contributed by atoms with Gasteiger partial charge in [0.15, 0.2) is 11.5 Å². The number of benzene rings is 2. The van der Waals surface area contributed by atoms with E-state index in [4.69, 9.17) is 15.2 Å². The largest absolute Gasteiger partial charge is 0.486 e. The second kappa shape index (κ2) is 5.77. The van der Waals surface area contributed by atoms with Crippen LogP contribution in [0.15, 0.2) is 61.2 Å². The van der Waals surface area contributed by atoms with Crippen molar-refractivity contribution in [2.45, 2.75) is 0 Å². The third-order valence-corrected chi connectivity index (χ3v) is 2.31. The van der Waals surface area contributed by atoms with Gasteiger partial charge in [-0.3, -0.25) is 0 Å². The van der Waals surface area contributed by atoms with Crippen LogP contribution in [0.1, 0.15) is 0 Å². The van der Waals surface area contributed by atoms with Crippen LogP contribution in [0.4, 0.5) is 5.69 Å². The Labute approximate surface area is 106 Å². The molecule has 0 saturated heterocycles. The number of nitrogens with two attached hydrogens (primary N) is 1. The van der Waals surface area contributed by atoms with Crippen molar-refractivity contribution in [3.05, 3.63) is 61.2 Å². The molecule has 0 amide bonds. The molecule has 0 spiro atoms. The van der Waals surface area contributed by atoms with Gasteiger partial charge >= 0.3 is 0 Å². The van der Waals surface area contributed by atoms with Gasteiger partial charge in [-0.1, -0.05) is 24.8 Å². The fourth-order valence-electron chi connectivity index (χ4n) is 1.47. The number of para-hydroxylation sites is 2. The lowest BCUT2D eigenvalue weighted by molar-refractivity contribution is 0.340. The van der Waals surface area contributed by atoms with Gasteiger partial charge in [0.1, 0.15) is 12.4 Å². The van der Waals surface area contributed by atoms with Gasteiger partial charge in [0.2, 0.25) is 0 Å². The Hall–Kier alpha value is -2.42. The smallest absolute Gasteiger partial charge is 0.169 e.